The molecule has 0 atom stereocenters. The molecule has 169 valence electrons. The molecule has 1 aliphatic rings. The topological polar surface area (TPSA) is 65.0 Å². The van der Waals surface area contributed by atoms with Crippen LogP contribution in [0.4, 0.5) is 0 Å². The van der Waals surface area contributed by atoms with Crippen LogP contribution in [0.5, 0.6) is 5.75 Å². The van der Waals surface area contributed by atoms with E-state index in [-0.39, 0.29) is 0 Å². The maximum atomic E-state index is 12.0. The number of fused-ring (bicyclic) bond motifs is 1. The van der Waals surface area contributed by atoms with Crippen molar-refractivity contribution in [1.82, 2.24) is 0 Å². The molecule has 0 fully saturated rings. The summed E-state index contributed by atoms with van der Waals surface area (Å²) in [7, 11) is 2.96. The predicted molar refractivity (Wildman–Crippen MR) is 128 cm³/mol. The number of rotatable bonds is 6. The van der Waals surface area contributed by atoms with Gasteiger partial charge in [0, 0.05) is 22.0 Å². The van der Waals surface area contributed by atoms with E-state index in [0.29, 0.717) is 34.4 Å². The lowest BCUT2D eigenvalue weighted by Crippen LogP contribution is -2.48. The quantitative estimate of drug-likeness (QED) is 0.434. The smallest absolute Gasteiger partial charge is 0.337 e. The maximum Gasteiger partial charge on any atom is 0.337 e. The Bertz CT molecular complexity index is 1060. The molecule has 0 aliphatic carbocycles. The fraction of sp³-hybridized carbons (Fsp3) is 0.375. The zero-order valence-electron chi connectivity index (χ0n) is 18.8. The minimum atomic E-state index is -1.10. The molecule has 1 radical (unpaired) electrons. The monoisotopic (exact) mass is 475 g/mol. The van der Waals surface area contributed by atoms with E-state index < -0.39 is 17.2 Å². The Labute approximate surface area is 199 Å². The Morgan fingerprint density at radius 3 is 2.41 bits per heavy atom. The lowest BCUT2D eigenvalue weighted by atomic mass is 9.74. The number of benzene rings is 2. The molecular formula is C24H26BCl2O5. The summed E-state index contributed by atoms with van der Waals surface area (Å²) in [5, 5.41) is 11.6. The third-order valence-electron chi connectivity index (χ3n) is 5.83. The molecule has 8 heteroatoms. The van der Waals surface area contributed by atoms with Crippen molar-refractivity contribution < 1.29 is 24.0 Å². The Morgan fingerprint density at radius 2 is 1.78 bits per heavy atom. The molecule has 2 aromatic carbocycles. The first kappa shape index (κ1) is 24.7. The summed E-state index contributed by atoms with van der Waals surface area (Å²) < 4.78 is 16.9. The van der Waals surface area contributed by atoms with Crippen molar-refractivity contribution in [2.75, 3.05) is 13.7 Å². The van der Waals surface area contributed by atoms with Gasteiger partial charge < -0.3 is 19.2 Å². The molecule has 1 heterocycles. The highest BCUT2D eigenvalue weighted by molar-refractivity contribution is 6.59. The minimum Gasteiger partial charge on any atom is -0.493 e. The highest BCUT2D eigenvalue weighted by atomic mass is 35.5. The summed E-state index contributed by atoms with van der Waals surface area (Å²) in [5.41, 5.74) is 1.60. The van der Waals surface area contributed by atoms with E-state index in [9.17, 15) is 9.90 Å². The van der Waals surface area contributed by atoms with E-state index in [0.717, 1.165) is 22.2 Å². The molecule has 1 aliphatic heterocycles. The second-order valence-corrected chi connectivity index (χ2v) is 9.47. The Balaban J connectivity index is 2.16. The van der Waals surface area contributed by atoms with E-state index in [2.05, 4.69) is 0 Å². The molecule has 0 amide bonds. The van der Waals surface area contributed by atoms with E-state index in [1.807, 2.05) is 19.9 Å². The molecule has 0 spiro atoms. The predicted octanol–water partition coefficient (Wildman–Crippen LogP) is 5.62. The summed E-state index contributed by atoms with van der Waals surface area (Å²) in [4.78, 5) is 12.0. The number of aliphatic hydroxyl groups is 1. The number of esters is 1. The van der Waals surface area contributed by atoms with Gasteiger partial charge in [-0.15, -0.1) is 0 Å². The third kappa shape index (κ3) is 5.15. The number of hydrogen-bond donors (Lipinski definition) is 1. The van der Waals surface area contributed by atoms with Crippen LogP contribution in [0.1, 0.15) is 55.6 Å². The first-order chi connectivity index (χ1) is 14.9. The van der Waals surface area contributed by atoms with Crippen molar-refractivity contribution in [2.24, 2.45) is 0 Å². The second-order valence-electron chi connectivity index (χ2n) is 8.62. The van der Waals surface area contributed by atoms with Crippen molar-refractivity contribution in [3.8, 4) is 5.75 Å². The van der Waals surface area contributed by atoms with E-state index in [1.165, 1.54) is 7.11 Å². The van der Waals surface area contributed by atoms with Gasteiger partial charge in [0.1, 0.15) is 5.75 Å². The molecule has 0 saturated heterocycles. The van der Waals surface area contributed by atoms with Gasteiger partial charge >= 0.3 is 13.5 Å². The van der Waals surface area contributed by atoms with E-state index in [4.69, 9.17) is 37.3 Å². The first-order valence-corrected chi connectivity index (χ1v) is 11.0. The van der Waals surface area contributed by atoms with Crippen LogP contribution in [0.25, 0.3) is 11.0 Å². The maximum absolute atomic E-state index is 12.0. The van der Waals surface area contributed by atoms with Gasteiger partial charge in [-0.25, -0.2) is 4.79 Å². The fourth-order valence-electron chi connectivity index (χ4n) is 3.17. The zero-order chi connectivity index (χ0) is 23.7. The SMILES string of the molecule is COC(=O)c1ccc2c(c1)OCCC(c1ccc(Cl)cc1Cl)=C2[B]OC(C)(C)C(C)(C)O. The second kappa shape index (κ2) is 9.48. The molecule has 1 N–H and O–H groups in total. The first-order valence-electron chi connectivity index (χ1n) is 10.2. The molecule has 0 saturated carbocycles. The summed E-state index contributed by atoms with van der Waals surface area (Å²) in [6.45, 7) is 7.39. The summed E-state index contributed by atoms with van der Waals surface area (Å²) >= 11 is 12.6. The van der Waals surface area contributed by atoms with Gasteiger partial charge in [0.05, 0.1) is 30.5 Å². The van der Waals surface area contributed by atoms with Gasteiger partial charge in [-0.2, -0.15) is 0 Å². The molecule has 0 unspecified atom stereocenters. The van der Waals surface area contributed by atoms with Gasteiger partial charge in [-0.05, 0) is 68.6 Å². The van der Waals surface area contributed by atoms with Crippen LogP contribution in [0.15, 0.2) is 36.4 Å². The Hall–Kier alpha value is -1.99. The summed E-state index contributed by atoms with van der Waals surface area (Å²) in [6, 6.07) is 10.5. The van der Waals surface area contributed by atoms with Gasteiger partial charge in [0.25, 0.3) is 0 Å². The summed E-state index contributed by atoms with van der Waals surface area (Å²) in [5.74, 6) is 0.0828. The standard InChI is InChI=1S/C24H26BCl2O5/c1-23(2,29)24(3,4)32-25-21-17(16-9-7-15(26)13-19(16)27)10-11-31-20-12-14(22(28)30-5)6-8-18(20)21/h6-9,12-13,29H,10-11H2,1-5H3. The molecular weight excluding hydrogens is 450 g/mol. The van der Waals surface area contributed by atoms with Crippen LogP contribution in [-0.2, 0) is 9.39 Å². The highest BCUT2D eigenvalue weighted by Gasteiger charge is 2.37. The Morgan fingerprint density at radius 1 is 1.09 bits per heavy atom. The van der Waals surface area contributed by atoms with Crippen LogP contribution < -0.4 is 4.74 Å². The normalized spacial score (nSPS) is 14.4. The van der Waals surface area contributed by atoms with Crippen LogP contribution in [0.3, 0.4) is 0 Å². The minimum absolute atomic E-state index is 0.373. The van der Waals surface area contributed by atoms with E-state index in [1.54, 1.807) is 51.7 Å². The van der Waals surface area contributed by atoms with Crippen molar-refractivity contribution in [3.05, 3.63) is 63.1 Å². The number of carbonyl (C=O) groups is 1. The van der Waals surface area contributed by atoms with Crippen LogP contribution in [0.2, 0.25) is 10.0 Å². The van der Waals surface area contributed by atoms with E-state index >= 15 is 0 Å². The number of ether oxygens (including phenoxy) is 2. The largest absolute Gasteiger partial charge is 0.493 e. The van der Waals surface area contributed by atoms with Crippen molar-refractivity contribution >= 4 is 47.7 Å². The molecule has 32 heavy (non-hydrogen) atoms. The van der Waals surface area contributed by atoms with Crippen molar-refractivity contribution in [3.63, 3.8) is 0 Å². The average molecular weight is 476 g/mol. The molecule has 0 bridgehead atoms. The molecule has 5 nitrogen and oxygen atoms in total. The lowest BCUT2D eigenvalue weighted by Gasteiger charge is -2.38. The molecule has 2 aromatic rings. The van der Waals surface area contributed by atoms with Crippen molar-refractivity contribution in [1.29, 1.82) is 0 Å². The lowest BCUT2D eigenvalue weighted by molar-refractivity contribution is -0.0892. The third-order valence-corrected chi connectivity index (χ3v) is 6.38. The molecule has 3 rings (SSSR count). The van der Waals surface area contributed by atoms with Gasteiger partial charge in [0.2, 0.25) is 0 Å². The molecule has 0 aromatic heterocycles. The zero-order valence-corrected chi connectivity index (χ0v) is 20.3. The number of halogens is 2. The Kier molecular flexibility index (Phi) is 7.30. The fourth-order valence-corrected chi connectivity index (χ4v) is 3.69. The highest BCUT2D eigenvalue weighted by Crippen LogP contribution is 2.40. The average Bonchev–Trinajstić information content (AvgIpc) is 2.89. The van der Waals surface area contributed by atoms with Gasteiger partial charge in [0.15, 0.2) is 0 Å². The van der Waals surface area contributed by atoms with Gasteiger partial charge in [-0.1, -0.05) is 35.3 Å². The number of hydrogen-bond acceptors (Lipinski definition) is 5. The number of carbonyl (C=O) groups excluding carboxylic acids is 1. The van der Waals surface area contributed by atoms with Crippen LogP contribution in [-0.4, -0.2) is 43.5 Å². The van der Waals surface area contributed by atoms with Crippen LogP contribution >= 0.6 is 23.2 Å². The number of methoxy groups -OCH3 is 1. The van der Waals surface area contributed by atoms with Crippen molar-refractivity contribution in [2.45, 2.75) is 45.3 Å². The van der Waals surface area contributed by atoms with Crippen LogP contribution in [0, 0.1) is 0 Å². The van der Waals surface area contributed by atoms with Gasteiger partial charge in [-0.3, -0.25) is 0 Å². The summed E-state index contributed by atoms with van der Waals surface area (Å²) in [6.07, 6.45) is 0.543.